The second-order valence-corrected chi connectivity index (χ2v) is 7.30. The smallest absolute Gasteiger partial charge is 0.241 e. The average Bonchev–Trinajstić information content (AvgIpc) is 3.11. The summed E-state index contributed by atoms with van der Waals surface area (Å²) in [5.74, 6) is 1.11. The number of rotatable bonds is 4. The van der Waals surface area contributed by atoms with Gasteiger partial charge in [0.2, 0.25) is 17.6 Å². The fourth-order valence-corrected chi connectivity index (χ4v) is 4.03. The topological polar surface area (TPSA) is 75.4 Å². The summed E-state index contributed by atoms with van der Waals surface area (Å²) >= 11 is 6.08. The molecule has 0 spiro atoms. The Balaban J connectivity index is 1.37. The third kappa shape index (κ3) is 3.73. The van der Waals surface area contributed by atoms with Crippen LogP contribution in [0.2, 0.25) is 5.15 Å². The predicted molar refractivity (Wildman–Crippen MR) is 96.4 cm³/mol. The normalized spacial score (nSPS) is 19.9. The summed E-state index contributed by atoms with van der Waals surface area (Å²) in [5, 5.41) is 4.33. The first kappa shape index (κ1) is 17.4. The van der Waals surface area contributed by atoms with Gasteiger partial charge >= 0.3 is 0 Å². The lowest BCUT2D eigenvalue weighted by atomic mass is 9.93. The lowest BCUT2D eigenvalue weighted by Crippen LogP contribution is -2.54. The molecule has 4 rings (SSSR count). The molecule has 0 atom stereocenters. The molecule has 7 nitrogen and oxygen atoms in total. The fourth-order valence-electron chi connectivity index (χ4n) is 3.82. The summed E-state index contributed by atoms with van der Waals surface area (Å²) in [7, 11) is 0. The van der Waals surface area contributed by atoms with Crippen LogP contribution in [-0.4, -0.2) is 56.5 Å². The fraction of sp³-hybridized carbons (Fsp3) is 0.556. The van der Waals surface area contributed by atoms with Crippen LogP contribution in [0.25, 0.3) is 11.4 Å². The maximum Gasteiger partial charge on any atom is 0.241 e. The molecule has 1 amide bonds. The summed E-state index contributed by atoms with van der Waals surface area (Å²) in [6.45, 7) is 2.48. The minimum absolute atomic E-state index is 0.207. The van der Waals surface area contributed by atoms with Crippen LogP contribution in [0.3, 0.4) is 0 Å². The Hall–Kier alpha value is -1.99. The van der Waals surface area contributed by atoms with Crippen molar-refractivity contribution in [3.8, 4) is 11.4 Å². The zero-order valence-corrected chi connectivity index (χ0v) is 15.4. The molecule has 138 valence electrons. The second kappa shape index (κ2) is 7.72. The maximum atomic E-state index is 12.6. The van der Waals surface area contributed by atoms with Crippen molar-refractivity contribution in [2.24, 2.45) is 0 Å². The van der Waals surface area contributed by atoms with E-state index in [-0.39, 0.29) is 5.91 Å². The monoisotopic (exact) mass is 375 g/mol. The number of hydrogen-bond donors (Lipinski definition) is 0. The van der Waals surface area contributed by atoms with E-state index in [9.17, 15) is 4.79 Å². The Kier molecular flexibility index (Phi) is 5.17. The van der Waals surface area contributed by atoms with E-state index < -0.39 is 0 Å². The highest BCUT2D eigenvalue weighted by Crippen LogP contribution is 2.25. The summed E-state index contributed by atoms with van der Waals surface area (Å²) in [4.78, 5) is 25.1. The Bertz CT molecular complexity index is 774. The van der Waals surface area contributed by atoms with E-state index >= 15 is 0 Å². The molecule has 0 N–H and O–H groups in total. The summed E-state index contributed by atoms with van der Waals surface area (Å²) < 4.78 is 5.34. The molecule has 0 radical (unpaired) electrons. The van der Waals surface area contributed by atoms with Crippen molar-refractivity contribution in [3.63, 3.8) is 0 Å². The van der Waals surface area contributed by atoms with Gasteiger partial charge in [-0.05, 0) is 25.0 Å². The van der Waals surface area contributed by atoms with Gasteiger partial charge in [0.15, 0.2) is 0 Å². The van der Waals surface area contributed by atoms with E-state index in [1.165, 1.54) is 19.3 Å². The molecular weight excluding hydrogens is 354 g/mol. The van der Waals surface area contributed by atoms with E-state index in [0.717, 1.165) is 25.9 Å². The maximum absolute atomic E-state index is 12.6. The summed E-state index contributed by atoms with van der Waals surface area (Å²) in [6.07, 6.45) is 7.67. The van der Waals surface area contributed by atoms with Gasteiger partial charge < -0.3 is 9.42 Å². The minimum atomic E-state index is 0.207. The molecule has 1 saturated heterocycles. The van der Waals surface area contributed by atoms with E-state index in [0.29, 0.717) is 41.6 Å². The standard InChI is InChI=1S/C18H22ClN5O2/c19-17-14(7-4-8-20-17)18-21-15(26-22-18)11-23-9-10-24(16(25)12-23)13-5-2-1-3-6-13/h4,7-8,13H,1-3,5-6,9-12H2. The largest absolute Gasteiger partial charge is 0.338 e. The van der Waals surface area contributed by atoms with Gasteiger partial charge in [-0.3, -0.25) is 9.69 Å². The number of pyridine rings is 1. The Morgan fingerprint density at radius 3 is 2.85 bits per heavy atom. The van der Waals surface area contributed by atoms with Crippen molar-refractivity contribution in [1.29, 1.82) is 0 Å². The number of amides is 1. The zero-order valence-electron chi connectivity index (χ0n) is 14.6. The van der Waals surface area contributed by atoms with Crippen LogP contribution in [0.5, 0.6) is 0 Å². The first-order valence-corrected chi connectivity index (χ1v) is 9.54. The van der Waals surface area contributed by atoms with Crippen molar-refractivity contribution < 1.29 is 9.32 Å². The van der Waals surface area contributed by atoms with Gasteiger partial charge in [0.05, 0.1) is 18.7 Å². The quantitative estimate of drug-likeness (QED) is 0.765. The van der Waals surface area contributed by atoms with Gasteiger partial charge in [0.1, 0.15) is 5.15 Å². The number of hydrogen-bond acceptors (Lipinski definition) is 6. The highest BCUT2D eigenvalue weighted by atomic mass is 35.5. The molecule has 1 saturated carbocycles. The Labute approximate surface area is 157 Å². The number of piperazine rings is 1. The molecule has 2 aromatic heterocycles. The summed E-state index contributed by atoms with van der Waals surface area (Å²) in [6, 6.07) is 4.01. The van der Waals surface area contributed by atoms with Crippen molar-refractivity contribution >= 4 is 17.5 Å². The number of carbonyl (C=O) groups is 1. The SMILES string of the molecule is O=C1CN(Cc2nc(-c3cccnc3Cl)no2)CCN1C1CCCCC1. The average molecular weight is 376 g/mol. The molecule has 2 fully saturated rings. The highest BCUT2D eigenvalue weighted by molar-refractivity contribution is 6.31. The third-order valence-electron chi connectivity index (χ3n) is 5.18. The molecule has 1 aliphatic carbocycles. The second-order valence-electron chi connectivity index (χ2n) is 6.94. The summed E-state index contributed by atoms with van der Waals surface area (Å²) in [5.41, 5.74) is 0.641. The first-order chi connectivity index (χ1) is 12.7. The van der Waals surface area contributed by atoms with Crippen LogP contribution in [0.1, 0.15) is 38.0 Å². The van der Waals surface area contributed by atoms with Gasteiger partial charge in [-0.25, -0.2) is 4.98 Å². The van der Waals surface area contributed by atoms with Crippen molar-refractivity contribution in [2.75, 3.05) is 19.6 Å². The molecule has 1 aliphatic heterocycles. The van der Waals surface area contributed by atoms with Crippen LogP contribution in [0, 0.1) is 0 Å². The van der Waals surface area contributed by atoms with Crippen LogP contribution in [0.15, 0.2) is 22.9 Å². The van der Waals surface area contributed by atoms with Crippen LogP contribution < -0.4 is 0 Å². The van der Waals surface area contributed by atoms with E-state index in [1.54, 1.807) is 18.3 Å². The van der Waals surface area contributed by atoms with Gasteiger partial charge in [-0.1, -0.05) is 36.0 Å². The molecule has 0 bridgehead atoms. The molecule has 0 aromatic carbocycles. The third-order valence-corrected chi connectivity index (χ3v) is 5.48. The molecular formula is C18H22ClN5O2. The number of nitrogens with zero attached hydrogens (tertiary/aromatic N) is 5. The van der Waals surface area contributed by atoms with Crippen LogP contribution >= 0.6 is 11.6 Å². The van der Waals surface area contributed by atoms with Crippen LogP contribution in [0.4, 0.5) is 0 Å². The first-order valence-electron chi connectivity index (χ1n) is 9.16. The number of carbonyl (C=O) groups excluding carboxylic acids is 1. The molecule has 3 heterocycles. The number of aromatic nitrogens is 3. The van der Waals surface area contributed by atoms with Crippen LogP contribution in [-0.2, 0) is 11.3 Å². The van der Waals surface area contributed by atoms with Crippen molar-refractivity contribution in [2.45, 2.75) is 44.7 Å². The highest BCUT2D eigenvalue weighted by Gasteiger charge is 2.31. The van der Waals surface area contributed by atoms with E-state index in [1.807, 2.05) is 0 Å². The lowest BCUT2D eigenvalue weighted by molar-refractivity contribution is -0.139. The van der Waals surface area contributed by atoms with E-state index in [4.69, 9.17) is 16.1 Å². The van der Waals surface area contributed by atoms with E-state index in [2.05, 4.69) is 24.9 Å². The predicted octanol–water partition coefficient (Wildman–Crippen LogP) is 2.76. The number of halogens is 1. The van der Waals surface area contributed by atoms with Gasteiger partial charge in [-0.2, -0.15) is 4.98 Å². The molecule has 26 heavy (non-hydrogen) atoms. The lowest BCUT2D eigenvalue weighted by Gasteiger charge is -2.40. The zero-order chi connectivity index (χ0) is 17.9. The Morgan fingerprint density at radius 1 is 1.23 bits per heavy atom. The Morgan fingerprint density at radius 2 is 2.08 bits per heavy atom. The molecule has 2 aliphatic rings. The minimum Gasteiger partial charge on any atom is -0.338 e. The molecule has 2 aromatic rings. The van der Waals surface area contributed by atoms with Crippen molar-refractivity contribution in [3.05, 3.63) is 29.4 Å². The van der Waals surface area contributed by atoms with Crippen molar-refractivity contribution in [1.82, 2.24) is 24.9 Å². The van der Waals surface area contributed by atoms with Gasteiger partial charge in [-0.15, -0.1) is 0 Å². The molecule has 0 unspecified atom stereocenters. The molecule has 8 heteroatoms. The van der Waals surface area contributed by atoms with Gasteiger partial charge in [0, 0.05) is 25.3 Å². The van der Waals surface area contributed by atoms with Gasteiger partial charge in [0.25, 0.3) is 0 Å².